The zero-order valence-electron chi connectivity index (χ0n) is 12.0. The molecule has 2 aromatic heterocycles. The lowest BCUT2D eigenvalue weighted by molar-refractivity contribution is -0.128. The molecule has 0 unspecified atom stereocenters. The molecule has 3 rings (SSSR count). The summed E-state index contributed by atoms with van der Waals surface area (Å²) >= 11 is 1.59. The van der Waals surface area contributed by atoms with Crippen molar-refractivity contribution in [2.45, 2.75) is 19.9 Å². The van der Waals surface area contributed by atoms with E-state index in [-0.39, 0.29) is 5.91 Å². The molecule has 0 saturated carbocycles. The number of carbonyl (C=O) groups is 1. The van der Waals surface area contributed by atoms with Crippen LogP contribution in [-0.4, -0.2) is 52.1 Å². The van der Waals surface area contributed by atoms with Crippen molar-refractivity contribution in [3.8, 4) is 10.8 Å². The third-order valence-electron chi connectivity index (χ3n) is 3.59. The number of carbonyl (C=O) groups excluding carboxylic acids is 1. The second kappa shape index (κ2) is 6.36. The summed E-state index contributed by atoms with van der Waals surface area (Å²) in [4.78, 5) is 16.6. The first-order chi connectivity index (χ1) is 10.2. The van der Waals surface area contributed by atoms with Crippen molar-refractivity contribution in [3.05, 3.63) is 23.4 Å². The number of amides is 1. The van der Waals surface area contributed by atoms with Gasteiger partial charge in [-0.15, -0.1) is 21.5 Å². The van der Waals surface area contributed by atoms with Crippen molar-refractivity contribution < 1.29 is 9.21 Å². The van der Waals surface area contributed by atoms with Gasteiger partial charge in [0.25, 0.3) is 5.89 Å². The van der Waals surface area contributed by atoms with E-state index >= 15 is 0 Å². The Morgan fingerprint density at radius 2 is 2.24 bits per heavy atom. The molecular formula is C14H18N4O2S. The van der Waals surface area contributed by atoms with Gasteiger partial charge >= 0.3 is 0 Å². The van der Waals surface area contributed by atoms with Gasteiger partial charge in [-0.1, -0.05) is 6.07 Å². The molecule has 0 aliphatic carbocycles. The van der Waals surface area contributed by atoms with Crippen LogP contribution < -0.4 is 0 Å². The number of thiophene rings is 1. The van der Waals surface area contributed by atoms with Crippen LogP contribution >= 0.6 is 11.3 Å². The van der Waals surface area contributed by atoms with Crippen molar-refractivity contribution in [1.29, 1.82) is 0 Å². The molecule has 0 bridgehead atoms. The van der Waals surface area contributed by atoms with Crippen LogP contribution in [0.1, 0.15) is 19.2 Å². The van der Waals surface area contributed by atoms with E-state index in [1.54, 1.807) is 18.3 Å². The normalized spacial score (nSPS) is 16.9. The first kappa shape index (κ1) is 14.2. The van der Waals surface area contributed by atoms with Crippen molar-refractivity contribution in [3.63, 3.8) is 0 Å². The second-order valence-electron chi connectivity index (χ2n) is 5.11. The second-order valence-corrected chi connectivity index (χ2v) is 6.06. The fraction of sp³-hybridized carbons (Fsp3) is 0.500. The molecule has 0 N–H and O–H groups in total. The zero-order chi connectivity index (χ0) is 14.7. The summed E-state index contributed by atoms with van der Waals surface area (Å²) in [5.41, 5.74) is 0. The molecule has 0 radical (unpaired) electrons. The standard InChI is InChI=1S/C14H18N4O2S/c1-11(19)18-6-3-5-17(7-8-18)10-13-15-16-14(20-13)12-4-2-9-21-12/h2,4,9H,3,5-8,10H2,1H3. The molecule has 1 saturated heterocycles. The van der Waals surface area contributed by atoms with Gasteiger partial charge in [0.05, 0.1) is 11.4 Å². The molecule has 0 aromatic carbocycles. The maximum Gasteiger partial charge on any atom is 0.257 e. The number of nitrogens with zero attached hydrogens (tertiary/aromatic N) is 4. The Morgan fingerprint density at radius 3 is 3.00 bits per heavy atom. The minimum atomic E-state index is 0.148. The third-order valence-corrected chi connectivity index (χ3v) is 4.45. The first-order valence-corrected chi connectivity index (χ1v) is 7.94. The summed E-state index contributed by atoms with van der Waals surface area (Å²) < 4.78 is 5.71. The Morgan fingerprint density at radius 1 is 1.33 bits per heavy atom. The number of hydrogen-bond acceptors (Lipinski definition) is 6. The predicted octanol–water partition coefficient (Wildman–Crippen LogP) is 1.85. The van der Waals surface area contributed by atoms with Gasteiger partial charge < -0.3 is 9.32 Å². The van der Waals surface area contributed by atoms with Crippen molar-refractivity contribution >= 4 is 17.2 Å². The average Bonchev–Trinajstić information content (AvgIpc) is 3.07. The van der Waals surface area contributed by atoms with Crippen LogP contribution in [0.4, 0.5) is 0 Å². The van der Waals surface area contributed by atoms with Gasteiger partial charge in [0.15, 0.2) is 0 Å². The summed E-state index contributed by atoms with van der Waals surface area (Å²) in [7, 11) is 0. The van der Waals surface area contributed by atoms with Gasteiger partial charge in [-0.05, 0) is 17.9 Å². The zero-order valence-corrected chi connectivity index (χ0v) is 12.8. The lowest BCUT2D eigenvalue weighted by atomic mass is 10.4. The lowest BCUT2D eigenvalue weighted by Gasteiger charge is -2.19. The monoisotopic (exact) mass is 306 g/mol. The smallest absolute Gasteiger partial charge is 0.257 e. The summed E-state index contributed by atoms with van der Waals surface area (Å²) in [5.74, 6) is 1.37. The molecule has 112 valence electrons. The van der Waals surface area contributed by atoms with Crippen LogP contribution in [0.3, 0.4) is 0 Å². The maximum absolute atomic E-state index is 11.4. The van der Waals surface area contributed by atoms with Crippen LogP contribution in [0.2, 0.25) is 0 Å². The fourth-order valence-electron chi connectivity index (χ4n) is 2.45. The van der Waals surface area contributed by atoms with Crippen molar-refractivity contribution in [2.75, 3.05) is 26.2 Å². The van der Waals surface area contributed by atoms with E-state index in [0.717, 1.165) is 37.5 Å². The predicted molar refractivity (Wildman–Crippen MR) is 79.8 cm³/mol. The first-order valence-electron chi connectivity index (χ1n) is 7.06. The fourth-order valence-corrected chi connectivity index (χ4v) is 3.10. The summed E-state index contributed by atoms with van der Waals surface area (Å²) in [6, 6.07) is 3.94. The highest BCUT2D eigenvalue weighted by Gasteiger charge is 2.18. The van der Waals surface area contributed by atoms with E-state index in [0.29, 0.717) is 18.3 Å². The molecule has 6 nitrogen and oxygen atoms in total. The van der Waals surface area contributed by atoms with Gasteiger partial charge in [-0.3, -0.25) is 9.69 Å². The van der Waals surface area contributed by atoms with E-state index in [9.17, 15) is 4.79 Å². The van der Waals surface area contributed by atoms with Gasteiger partial charge in [-0.2, -0.15) is 0 Å². The van der Waals surface area contributed by atoms with Gasteiger partial charge in [0, 0.05) is 33.1 Å². The SMILES string of the molecule is CC(=O)N1CCCN(Cc2nnc(-c3cccs3)o2)CC1. The summed E-state index contributed by atoms with van der Waals surface area (Å²) in [6.45, 7) is 5.65. The number of rotatable bonds is 3. The van der Waals surface area contributed by atoms with Crippen molar-refractivity contribution in [2.24, 2.45) is 0 Å². The molecule has 1 fully saturated rings. The van der Waals surface area contributed by atoms with E-state index in [2.05, 4.69) is 15.1 Å². The highest BCUT2D eigenvalue weighted by atomic mass is 32.1. The summed E-state index contributed by atoms with van der Waals surface area (Å²) in [6.07, 6.45) is 0.978. The molecule has 21 heavy (non-hydrogen) atoms. The molecule has 0 spiro atoms. The van der Waals surface area contributed by atoms with Gasteiger partial charge in [0.2, 0.25) is 11.8 Å². The Labute approximate surface area is 127 Å². The van der Waals surface area contributed by atoms with E-state index in [1.807, 2.05) is 22.4 Å². The quantitative estimate of drug-likeness (QED) is 0.866. The Kier molecular flexibility index (Phi) is 4.31. The highest BCUT2D eigenvalue weighted by Crippen LogP contribution is 2.23. The molecule has 1 aliphatic heterocycles. The summed E-state index contributed by atoms with van der Waals surface area (Å²) in [5, 5.41) is 10.2. The van der Waals surface area contributed by atoms with Crippen LogP contribution in [0, 0.1) is 0 Å². The van der Waals surface area contributed by atoms with Crippen molar-refractivity contribution in [1.82, 2.24) is 20.0 Å². The third kappa shape index (κ3) is 3.48. The highest BCUT2D eigenvalue weighted by molar-refractivity contribution is 7.13. The molecule has 7 heteroatoms. The van der Waals surface area contributed by atoms with Gasteiger partial charge in [0.1, 0.15) is 0 Å². The molecule has 0 atom stereocenters. The molecule has 1 amide bonds. The maximum atomic E-state index is 11.4. The minimum Gasteiger partial charge on any atom is -0.419 e. The molecule has 3 heterocycles. The molecular weight excluding hydrogens is 288 g/mol. The largest absolute Gasteiger partial charge is 0.419 e. The van der Waals surface area contributed by atoms with E-state index in [4.69, 9.17) is 4.42 Å². The van der Waals surface area contributed by atoms with Crippen LogP contribution in [0.5, 0.6) is 0 Å². The Bertz CT molecular complexity index is 596. The average molecular weight is 306 g/mol. The topological polar surface area (TPSA) is 62.5 Å². The minimum absolute atomic E-state index is 0.148. The Hall–Kier alpha value is -1.73. The molecule has 2 aromatic rings. The van der Waals surface area contributed by atoms with Gasteiger partial charge in [-0.25, -0.2) is 0 Å². The van der Waals surface area contributed by atoms with E-state index < -0.39 is 0 Å². The molecule has 1 aliphatic rings. The Balaban J connectivity index is 1.60. The lowest BCUT2D eigenvalue weighted by Crippen LogP contribution is -2.33. The van der Waals surface area contributed by atoms with Crippen LogP contribution in [0.15, 0.2) is 21.9 Å². The number of hydrogen-bond donors (Lipinski definition) is 0. The van der Waals surface area contributed by atoms with Crippen LogP contribution in [0.25, 0.3) is 10.8 Å². The van der Waals surface area contributed by atoms with E-state index in [1.165, 1.54) is 0 Å². The van der Waals surface area contributed by atoms with Crippen LogP contribution in [-0.2, 0) is 11.3 Å². The number of aromatic nitrogens is 2.